The predicted molar refractivity (Wildman–Crippen MR) is 57.1 cm³/mol. The summed E-state index contributed by atoms with van der Waals surface area (Å²) in [7, 11) is 0. The molecule has 4 nitrogen and oxygen atoms in total. The van der Waals surface area contributed by atoms with Crippen LogP contribution in [0.5, 0.6) is 0 Å². The van der Waals surface area contributed by atoms with Crippen molar-refractivity contribution in [2.75, 3.05) is 0 Å². The van der Waals surface area contributed by atoms with Gasteiger partial charge in [-0.2, -0.15) is 0 Å². The highest BCUT2D eigenvalue weighted by atomic mass is 35.5. The molecule has 2 rings (SSSR count). The van der Waals surface area contributed by atoms with E-state index in [0.29, 0.717) is 5.02 Å². The van der Waals surface area contributed by atoms with Crippen LogP contribution in [0.1, 0.15) is 17.2 Å². The molecule has 0 aliphatic heterocycles. The number of nitrogens with one attached hydrogen (secondary N) is 1. The van der Waals surface area contributed by atoms with E-state index in [9.17, 15) is 0 Å². The van der Waals surface area contributed by atoms with Crippen molar-refractivity contribution < 1.29 is 4.42 Å². The van der Waals surface area contributed by atoms with Gasteiger partial charge in [-0.15, -0.1) is 0 Å². The van der Waals surface area contributed by atoms with Crippen molar-refractivity contribution in [3.05, 3.63) is 53.2 Å². The summed E-state index contributed by atoms with van der Waals surface area (Å²) in [6.45, 7) is 0. The second-order valence-electron chi connectivity index (χ2n) is 3.05. The molecule has 1 unspecified atom stereocenters. The van der Waals surface area contributed by atoms with Crippen molar-refractivity contribution in [3.63, 3.8) is 0 Å². The highest BCUT2D eigenvalue weighted by Crippen LogP contribution is 2.26. The van der Waals surface area contributed by atoms with Gasteiger partial charge in [-0.25, -0.2) is 5.43 Å². The summed E-state index contributed by atoms with van der Waals surface area (Å²) in [4.78, 5) is 3.92. The monoisotopic (exact) mass is 223 g/mol. The standard InChI is InChI=1S/C10H10ClN3O/c11-9-5-13-3-1-8(9)10(14-12)7-2-4-15-6-7/h1-6,10,14H,12H2. The number of furan rings is 1. The van der Waals surface area contributed by atoms with Crippen LogP contribution in [-0.2, 0) is 0 Å². The largest absolute Gasteiger partial charge is 0.472 e. The van der Waals surface area contributed by atoms with E-state index in [-0.39, 0.29) is 6.04 Å². The molecule has 0 radical (unpaired) electrons. The maximum atomic E-state index is 6.03. The van der Waals surface area contributed by atoms with Crippen molar-refractivity contribution in [1.82, 2.24) is 10.4 Å². The van der Waals surface area contributed by atoms with E-state index in [1.807, 2.05) is 12.1 Å². The summed E-state index contributed by atoms with van der Waals surface area (Å²) >= 11 is 6.03. The van der Waals surface area contributed by atoms with E-state index in [0.717, 1.165) is 11.1 Å². The molecule has 0 spiro atoms. The lowest BCUT2D eigenvalue weighted by atomic mass is 10.0. The molecule has 3 N–H and O–H groups in total. The van der Waals surface area contributed by atoms with Gasteiger partial charge in [0.25, 0.3) is 0 Å². The summed E-state index contributed by atoms with van der Waals surface area (Å²) in [6, 6.07) is 3.47. The minimum absolute atomic E-state index is 0.181. The Bertz CT molecular complexity index is 430. The molecule has 0 aliphatic carbocycles. The number of hydrazine groups is 1. The van der Waals surface area contributed by atoms with Crippen molar-refractivity contribution in [2.45, 2.75) is 6.04 Å². The van der Waals surface area contributed by atoms with Gasteiger partial charge in [0.05, 0.1) is 23.6 Å². The van der Waals surface area contributed by atoms with Gasteiger partial charge < -0.3 is 4.42 Å². The van der Waals surface area contributed by atoms with Gasteiger partial charge in [0.1, 0.15) is 0 Å². The SMILES string of the molecule is NNC(c1ccoc1)c1ccncc1Cl. The van der Waals surface area contributed by atoms with Crippen molar-refractivity contribution in [3.8, 4) is 0 Å². The molecule has 2 heterocycles. The zero-order valence-electron chi connectivity index (χ0n) is 7.85. The molecule has 0 aliphatic rings. The predicted octanol–water partition coefficient (Wildman–Crippen LogP) is 1.88. The Hall–Kier alpha value is -1.36. The topological polar surface area (TPSA) is 64.1 Å². The van der Waals surface area contributed by atoms with Crippen molar-refractivity contribution in [2.24, 2.45) is 5.84 Å². The fourth-order valence-corrected chi connectivity index (χ4v) is 1.65. The number of nitrogens with zero attached hydrogens (tertiary/aromatic N) is 1. The third kappa shape index (κ3) is 2.02. The second kappa shape index (κ2) is 4.44. The zero-order valence-corrected chi connectivity index (χ0v) is 8.61. The Morgan fingerprint density at radius 1 is 1.47 bits per heavy atom. The molecule has 0 aromatic carbocycles. The Labute approximate surface area is 92.0 Å². The molecule has 0 saturated carbocycles. The Balaban J connectivity index is 2.40. The molecule has 2 aromatic heterocycles. The normalized spacial score (nSPS) is 12.7. The summed E-state index contributed by atoms with van der Waals surface area (Å²) in [5.74, 6) is 5.49. The van der Waals surface area contributed by atoms with Gasteiger partial charge >= 0.3 is 0 Å². The Kier molecular flexibility index (Phi) is 3.01. The van der Waals surface area contributed by atoms with E-state index >= 15 is 0 Å². The fraction of sp³-hybridized carbons (Fsp3) is 0.100. The first-order valence-corrected chi connectivity index (χ1v) is 4.78. The average molecular weight is 224 g/mol. The second-order valence-corrected chi connectivity index (χ2v) is 3.46. The molecule has 78 valence electrons. The van der Waals surface area contributed by atoms with Crippen LogP contribution in [0.4, 0.5) is 0 Å². The van der Waals surface area contributed by atoms with Crippen LogP contribution >= 0.6 is 11.6 Å². The zero-order chi connectivity index (χ0) is 10.7. The molecule has 15 heavy (non-hydrogen) atoms. The van der Waals surface area contributed by atoms with E-state index in [1.54, 1.807) is 24.9 Å². The minimum Gasteiger partial charge on any atom is -0.472 e. The highest BCUT2D eigenvalue weighted by molar-refractivity contribution is 6.31. The summed E-state index contributed by atoms with van der Waals surface area (Å²) < 4.78 is 5.00. The third-order valence-electron chi connectivity index (χ3n) is 2.16. The van der Waals surface area contributed by atoms with Crippen LogP contribution in [0.15, 0.2) is 41.5 Å². The number of nitrogens with two attached hydrogens (primary N) is 1. The number of pyridine rings is 1. The number of halogens is 1. The van der Waals surface area contributed by atoms with Gasteiger partial charge in [0, 0.05) is 18.0 Å². The summed E-state index contributed by atoms with van der Waals surface area (Å²) in [6.07, 6.45) is 6.48. The van der Waals surface area contributed by atoms with Gasteiger partial charge in [0.15, 0.2) is 0 Å². The molecule has 0 fully saturated rings. The minimum atomic E-state index is -0.181. The number of hydrogen-bond donors (Lipinski definition) is 2. The lowest BCUT2D eigenvalue weighted by Gasteiger charge is -2.15. The lowest BCUT2D eigenvalue weighted by Crippen LogP contribution is -2.28. The van der Waals surface area contributed by atoms with Gasteiger partial charge in [0.2, 0.25) is 0 Å². The number of rotatable bonds is 3. The Morgan fingerprint density at radius 2 is 2.33 bits per heavy atom. The van der Waals surface area contributed by atoms with Crippen LogP contribution in [-0.4, -0.2) is 4.98 Å². The van der Waals surface area contributed by atoms with Gasteiger partial charge in [-0.3, -0.25) is 10.8 Å². The smallest absolute Gasteiger partial charge is 0.0954 e. The summed E-state index contributed by atoms with van der Waals surface area (Å²) in [5, 5.41) is 0.571. The van der Waals surface area contributed by atoms with Crippen molar-refractivity contribution in [1.29, 1.82) is 0 Å². The van der Waals surface area contributed by atoms with Crippen LogP contribution in [0.3, 0.4) is 0 Å². The molecule has 0 bridgehead atoms. The third-order valence-corrected chi connectivity index (χ3v) is 2.47. The van der Waals surface area contributed by atoms with Crippen LogP contribution < -0.4 is 11.3 Å². The molecule has 2 aromatic rings. The van der Waals surface area contributed by atoms with E-state index < -0.39 is 0 Å². The van der Waals surface area contributed by atoms with Crippen LogP contribution in [0.2, 0.25) is 5.02 Å². The highest BCUT2D eigenvalue weighted by Gasteiger charge is 2.16. The van der Waals surface area contributed by atoms with Crippen LogP contribution in [0.25, 0.3) is 0 Å². The maximum absolute atomic E-state index is 6.03. The molecular formula is C10H10ClN3O. The maximum Gasteiger partial charge on any atom is 0.0954 e. The van der Waals surface area contributed by atoms with E-state index in [4.69, 9.17) is 21.9 Å². The number of hydrogen-bond acceptors (Lipinski definition) is 4. The number of aromatic nitrogens is 1. The first-order valence-electron chi connectivity index (χ1n) is 4.40. The molecule has 1 atom stereocenters. The molecular weight excluding hydrogens is 214 g/mol. The molecule has 0 saturated heterocycles. The van der Waals surface area contributed by atoms with Gasteiger partial charge in [-0.05, 0) is 17.7 Å². The summed E-state index contributed by atoms with van der Waals surface area (Å²) in [5.41, 5.74) is 4.48. The molecule has 0 amide bonds. The van der Waals surface area contributed by atoms with E-state index in [1.165, 1.54) is 0 Å². The molecule has 5 heteroatoms. The van der Waals surface area contributed by atoms with Crippen molar-refractivity contribution >= 4 is 11.6 Å². The first kappa shape index (κ1) is 10.2. The quantitative estimate of drug-likeness (QED) is 0.616. The van der Waals surface area contributed by atoms with Crippen LogP contribution in [0, 0.1) is 0 Å². The van der Waals surface area contributed by atoms with E-state index in [2.05, 4.69) is 10.4 Å². The lowest BCUT2D eigenvalue weighted by molar-refractivity contribution is 0.553. The first-order chi connectivity index (χ1) is 7.33. The van der Waals surface area contributed by atoms with Gasteiger partial charge in [-0.1, -0.05) is 11.6 Å². The Morgan fingerprint density at radius 3 is 2.93 bits per heavy atom. The fourth-order valence-electron chi connectivity index (χ4n) is 1.42. The average Bonchev–Trinajstić information content (AvgIpc) is 2.75.